The lowest BCUT2D eigenvalue weighted by Crippen LogP contribution is -2.42. The third-order valence-electron chi connectivity index (χ3n) is 1.85. The minimum atomic E-state index is -2.47. The topological polar surface area (TPSA) is 64.4 Å². The van der Waals surface area contributed by atoms with Crippen LogP contribution < -0.4 is 11.1 Å². The van der Waals surface area contributed by atoms with Crippen molar-refractivity contribution in [3.05, 3.63) is 0 Å². The molecule has 3 N–H and O–H groups in total. The first-order chi connectivity index (χ1) is 7.43. The molecule has 0 aromatic carbocycles. The second-order valence-corrected chi connectivity index (χ2v) is 3.99. The summed E-state index contributed by atoms with van der Waals surface area (Å²) in [5.74, 6) is 0.0742. The monoisotopic (exact) mass is 238 g/mol. The highest BCUT2D eigenvalue weighted by molar-refractivity contribution is 5.81. The van der Waals surface area contributed by atoms with Crippen LogP contribution in [0.3, 0.4) is 0 Å². The lowest BCUT2D eigenvalue weighted by molar-refractivity contribution is -0.123. The number of ether oxygens (including phenoxy) is 1. The van der Waals surface area contributed by atoms with Crippen molar-refractivity contribution >= 4 is 5.91 Å². The Morgan fingerprint density at radius 1 is 1.44 bits per heavy atom. The van der Waals surface area contributed by atoms with Gasteiger partial charge in [-0.15, -0.1) is 0 Å². The average molecular weight is 238 g/mol. The molecule has 96 valence electrons. The zero-order valence-electron chi connectivity index (χ0n) is 9.71. The lowest BCUT2D eigenvalue weighted by Gasteiger charge is -2.14. The number of hydrogen-bond acceptors (Lipinski definition) is 3. The molecule has 0 bridgehead atoms. The van der Waals surface area contributed by atoms with Crippen molar-refractivity contribution in [2.45, 2.75) is 32.7 Å². The van der Waals surface area contributed by atoms with E-state index in [-0.39, 0.29) is 19.1 Å². The van der Waals surface area contributed by atoms with Crippen LogP contribution >= 0.6 is 0 Å². The van der Waals surface area contributed by atoms with Crippen LogP contribution in [0.2, 0.25) is 0 Å². The van der Waals surface area contributed by atoms with Gasteiger partial charge in [-0.05, 0) is 12.3 Å². The van der Waals surface area contributed by atoms with E-state index in [2.05, 4.69) is 10.1 Å². The molecule has 0 rings (SSSR count). The van der Waals surface area contributed by atoms with Gasteiger partial charge in [-0.25, -0.2) is 8.78 Å². The van der Waals surface area contributed by atoms with Crippen molar-refractivity contribution in [1.82, 2.24) is 5.32 Å². The molecular weight excluding hydrogens is 218 g/mol. The highest BCUT2D eigenvalue weighted by Gasteiger charge is 2.14. The molecule has 0 aliphatic carbocycles. The number of nitrogens with two attached hydrogens (primary N) is 1. The smallest absolute Gasteiger partial charge is 0.261 e. The summed E-state index contributed by atoms with van der Waals surface area (Å²) in [6, 6.07) is -0.546. The summed E-state index contributed by atoms with van der Waals surface area (Å²) >= 11 is 0. The Hall–Kier alpha value is -0.750. The highest BCUT2D eigenvalue weighted by atomic mass is 19.3. The molecule has 0 aromatic rings. The molecule has 4 nitrogen and oxygen atoms in total. The second-order valence-electron chi connectivity index (χ2n) is 3.99. The highest BCUT2D eigenvalue weighted by Crippen LogP contribution is 2.02. The van der Waals surface area contributed by atoms with Crippen molar-refractivity contribution in [3.63, 3.8) is 0 Å². The van der Waals surface area contributed by atoms with Crippen LogP contribution in [0.25, 0.3) is 0 Å². The number of hydrogen-bond donors (Lipinski definition) is 2. The Morgan fingerprint density at radius 3 is 2.56 bits per heavy atom. The van der Waals surface area contributed by atoms with E-state index < -0.39 is 19.1 Å². The van der Waals surface area contributed by atoms with Gasteiger partial charge in [-0.3, -0.25) is 4.79 Å². The third kappa shape index (κ3) is 8.55. The first kappa shape index (κ1) is 15.2. The molecule has 1 amide bonds. The van der Waals surface area contributed by atoms with Gasteiger partial charge in [0.05, 0.1) is 12.6 Å². The molecule has 16 heavy (non-hydrogen) atoms. The molecule has 1 atom stereocenters. The van der Waals surface area contributed by atoms with Crippen molar-refractivity contribution < 1.29 is 18.3 Å². The van der Waals surface area contributed by atoms with E-state index >= 15 is 0 Å². The quantitative estimate of drug-likeness (QED) is 0.613. The summed E-state index contributed by atoms with van der Waals surface area (Å²) in [6.07, 6.45) is -1.87. The maximum absolute atomic E-state index is 11.7. The number of carbonyl (C=O) groups excluding carboxylic acids is 1. The molecule has 0 heterocycles. The summed E-state index contributed by atoms with van der Waals surface area (Å²) in [7, 11) is 0. The zero-order chi connectivity index (χ0) is 12.6. The summed E-state index contributed by atoms with van der Waals surface area (Å²) in [5.41, 5.74) is 5.61. The van der Waals surface area contributed by atoms with Crippen molar-refractivity contribution in [2.24, 2.45) is 11.7 Å². The fourth-order valence-corrected chi connectivity index (χ4v) is 1.16. The van der Waals surface area contributed by atoms with E-state index in [0.29, 0.717) is 12.3 Å². The first-order valence-corrected chi connectivity index (χ1v) is 5.32. The van der Waals surface area contributed by atoms with Crippen LogP contribution in [0.15, 0.2) is 0 Å². The first-order valence-electron chi connectivity index (χ1n) is 5.32. The van der Waals surface area contributed by atoms with E-state index in [4.69, 9.17) is 5.73 Å². The fraction of sp³-hybridized carbons (Fsp3) is 0.900. The van der Waals surface area contributed by atoms with Gasteiger partial charge < -0.3 is 15.8 Å². The number of carbonyl (C=O) groups is 1. The van der Waals surface area contributed by atoms with Crippen LogP contribution in [0.1, 0.15) is 20.3 Å². The molecule has 0 saturated heterocycles. The van der Waals surface area contributed by atoms with E-state index in [1.54, 1.807) is 0 Å². The number of nitrogens with one attached hydrogen (secondary N) is 1. The number of halogens is 2. The zero-order valence-corrected chi connectivity index (χ0v) is 9.71. The molecule has 0 saturated carbocycles. The number of amides is 1. The minimum absolute atomic E-state index is 0.0739. The largest absolute Gasteiger partial charge is 0.374 e. The van der Waals surface area contributed by atoms with Crippen LogP contribution in [0.5, 0.6) is 0 Å². The molecule has 6 heteroatoms. The second kappa shape index (κ2) is 8.41. The van der Waals surface area contributed by atoms with Crippen LogP contribution in [-0.2, 0) is 9.53 Å². The fourth-order valence-electron chi connectivity index (χ4n) is 1.16. The normalized spacial score (nSPS) is 13.2. The Balaban J connectivity index is 3.50. The Bertz CT molecular complexity index is 201. The van der Waals surface area contributed by atoms with E-state index in [1.165, 1.54) is 0 Å². The summed E-state index contributed by atoms with van der Waals surface area (Å²) in [5, 5.41) is 2.53. The minimum Gasteiger partial charge on any atom is -0.374 e. The lowest BCUT2D eigenvalue weighted by atomic mass is 10.0. The Labute approximate surface area is 94.5 Å². The van der Waals surface area contributed by atoms with Crippen molar-refractivity contribution in [1.29, 1.82) is 0 Å². The van der Waals surface area contributed by atoms with Gasteiger partial charge in [-0.2, -0.15) is 0 Å². The molecular formula is C10H20F2N2O2. The predicted molar refractivity (Wildman–Crippen MR) is 57.3 cm³/mol. The molecule has 0 aliphatic rings. The average Bonchev–Trinajstić information content (AvgIpc) is 2.15. The Morgan fingerprint density at radius 2 is 2.06 bits per heavy atom. The van der Waals surface area contributed by atoms with Crippen LogP contribution in [0, 0.1) is 5.92 Å². The maximum Gasteiger partial charge on any atom is 0.261 e. The SMILES string of the molecule is CC(C)C[C@H](N)C(=O)NCCOCC(F)F. The molecule has 0 unspecified atom stereocenters. The summed E-state index contributed by atoms with van der Waals surface area (Å²) < 4.78 is 27.9. The Kier molecular flexibility index (Phi) is 8.01. The van der Waals surface area contributed by atoms with Crippen molar-refractivity contribution in [3.8, 4) is 0 Å². The molecule has 0 fully saturated rings. The van der Waals surface area contributed by atoms with E-state index in [0.717, 1.165) is 0 Å². The van der Waals surface area contributed by atoms with Gasteiger partial charge in [-0.1, -0.05) is 13.8 Å². The van der Waals surface area contributed by atoms with Gasteiger partial charge in [0.2, 0.25) is 5.91 Å². The van der Waals surface area contributed by atoms with Crippen molar-refractivity contribution in [2.75, 3.05) is 19.8 Å². The standard InChI is InChI=1S/C10H20F2N2O2/c1-7(2)5-8(13)10(15)14-3-4-16-6-9(11)12/h7-9H,3-6,13H2,1-2H3,(H,14,15)/t8-/m0/s1. The predicted octanol–water partition coefficient (Wildman–Crippen LogP) is 0.758. The van der Waals surface area contributed by atoms with Gasteiger partial charge in [0.15, 0.2) is 0 Å². The van der Waals surface area contributed by atoms with Gasteiger partial charge in [0, 0.05) is 6.54 Å². The maximum atomic E-state index is 11.7. The third-order valence-corrected chi connectivity index (χ3v) is 1.85. The van der Waals surface area contributed by atoms with Crippen LogP contribution in [-0.4, -0.2) is 38.1 Å². The van der Waals surface area contributed by atoms with Gasteiger partial charge in [0.25, 0.3) is 6.43 Å². The molecule has 0 aliphatic heterocycles. The molecule has 0 spiro atoms. The number of alkyl halides is 2. The molecule has 0 radical (unpaired) electrons. The summed E-state index contributed by atoms with van der Waals surface area (Å²) in [6.45, 7) is 3.62. The molecule has 0 aromatic heterocycles. The summed E-state index contributed by atoms with van der Waals surface area (Å²) in [4.78, 5) is 11.3. The van der Waals surface area contributed by atoms with Crippen LogP contribution in [0.4, 0.5) is 8.78 Å². The van der Waals surface area contributed by atoms with E-state index in [9.17, 15) is 13.6 Å². The van der Waals surface area contributed by atoms with Gasteiger partial charge >= 0.3 is 0 Å². The number of rotatable bonds is 8. The van der Waals surface area contributed by atoms with Gasteiger partial charge in [0.1, 0.15) is 6.61 Å². The van der Waals surface area contributed by atoms with E-state index in [1.807, 2.05) is 13.8 Å².